The first-order valence-corrected chi connectivity index (χ1v) is 11.7. The number of aromatic nitrogens is 1. The highest BCUT2D eigenvalue weighted by Gasteiger charge is 2.30. The molecule has 3 aromatic rings. The largest absolute Gasteiger partial charge is 0.478 e. The second-order valence-electron chi connectivity index (χ2n) is 6.53. The Morgan fingerprint density at radius 1 is 1.17 bits per heavy atom. The third-order valence-corrected chi connectivity index (χ3v) is 8.16. The molecule has 2 aromatic carbocycles. The number of hydrogen-bond acceptors (Lipinski definition) is 6. The summed E-state index contributed by atoms with van der Waals surface area (Å²) < 4.78 is 33.5. The van der Waals surface area contributed by atoms with E-state index in [4.69, 9.17) is 16.3 Å². The molecule has 1 fully saturated rings. The molecule has 1 saturated heterocycles. The van der Waals surface area contributed by atoms with Crippen LogP contribution < -0.4 is 0 Å². The highest BCUT2D eigenvalue weighted by Crippen LogP contribution is 2.40. The molecule has 0 bridgehead atoms. The molecular formula is C20H17ClN2O5S2. The molecule has 30 heavy (non-hydrogen) atoms. The second-order valence-corrected chi connectivity index (χ2v) is 9.93. The van der Waals surface area contributed by atoms with Gasteiger partial charge < -0.3 is 9.84 Å². The van der Waals surface area contributed by atoms with Crippen LogP contribution in [0.15, 0.2) is 63.3 Å². The number of carbonyl (C=O) groups is 1. The number of rotatable bonds is 5. The number of morpholine rings is 1. The van der Waals surface area contributed by atoms with Crippen LogP contribution in [0.5, 0.6) is 0 Å². The zero-order valence-electron chi connectivity index (χ0n) is 15.6. The molecule has 1 aliphatic rings. The third kappa shape index (κ3) is 4.03. The lowest BCUT2D eigenvalue weighted by Gasteiger charge is -2.27. The van der Waals surface area contributed by atoms with E-state index in [1.165, 1.54) is 16.6 Å². The van der Waals surface area contributed by atoms with E-state index in [0.717, 1.165) is 11.8 Å². The van der Waals surface area contributed by atoms with Gasteiger partial charge in [-0.25, -0.2) is 13.2 Å². The molecule has 156 valence electrons. The van der Waals surface area contributed by atoms with Gasteiger partial charge in [0.25, 0.3) is 0 Å². The molecule has 4 rings (SSSR count). The van der Waals surface area contributed by atoms with Crippen LogP contribution in [0.2, 0.25) is 5.02 Å². The number of hydrogen-bond donors (Lipinski definition) is 1. The number of benzene rings is 2. The zero-order chi connectivity index (χ0) is 21.3. The van der Waals surface area contributed by atoms with E-state index >= 15 is 0 Å². The highest BCUT2D eigenvalue weighted by molar-refractivity contribution is 8.00. The number of ether oxygens (including phenoxy) is 1. The van der Waals surface area contributed by atoms with E-state index in [0.29, 0.717) is 38.9 Å². The van der Waals surface area contributed by atoms with E-state index in [2.05, 4.69) is 4.98 Å². The first-order valence-electron chi connectivity index (χ1n) is 9.04. The van der Waals surface area contributed by atoms with Crippen molar-refractivity contribution in [2.45, 2.75) is 14.7 Å². The lowest BCUT2D eigenvalue weighted by atomic mass is 10.2. The molecule has 0 radical (unpaired) electrons. The SMILES string of the molecule is O=C(O)c1ccccc1Sc1c(S(=O)(=O)N2CCOCC2)cnc2ccc(Cl)cc12. The molecule has 7 nitrogen and oxygen atoms in total. The summed E-state index contributed by atoms with van der Waals surface area (Å²) in [5, 5.41) is 10.5. The van der Waals surface area contributed by atoms with Crippen LogP contribution in [0.1, 0.15) is 10.4 Å². The monoisotopic (exact) mass is 464 g/mol. The summed E-state index contributed by atoms with van der Waals surface area (Å²) in [6.07, 6.45) is 1.33. The Labute approximate surface area is 182 Å². The molecular weight excluding hydrogens is 448 g/mol. The Balaban J connectivity index is 1.93. The minimum Gasteiger partial charge on any atom is -0.478 e. The maximum atomic E-state index is 13.4. The average Bonchev–Trinajstić information content (AvgIpc) is 2.75. The Morgan fingerprint density at radius 2 is 1.90 bits per heavy atom. The van der Waals surface area contributed by atoms with Crippen LogP contribution in [-0.4, -0.2) is 55.1 Å². The number of fused-ring (bicyclic) bond motifs is 1. The van der Waals surface area contributed by atoms with E-state index in [9.17, 15) is 18.3 Å². The van der Waals surface area contributed by atoms with Crippen molar-refractivity contribution < 1.29 is 23.1 Å². The van der Waals surface area contributed by atoms with Crippen molar-refractivity contribution in [2.75, 3.05) is 26.3 Å². The second kappa shape index (κ2) is 8.52. The van der Waals surface area contributed by atoms with Gasteiger partial charge in [-0.05, 0) is 30.3 Å². The number of pyridine rings is 1. The average molecular weight is 465 g/mol. The molecule has 0 spiro atoms. The lowest BCUT2D eigenvalue weighted by molar-refractivity contribution is 0.0693. The minimum atomic E-state index is -3.87. The van der Waals surface area contributed by atoms with Gasteiger partial charge in [0.1, 0.15) is 4.90 Å². The maximum absolute atomic E-state index is 13.4. The predicted octanol–water partition coefficient (Wildman–Crippen LogP) is 3.76. The normalized spacial score (nSPS) is 15.4. The van der Waals surface area contributed by atoms with Crippen molar-refractivity contribution in [1.29, 1.82) is 0 Å². The van der Waals surface area contributed by atoms with Crippen LogP contribution in [0.4, 0.5) is 0 Å². The summed E-state index contributed by atoms with van der Waals surface area (Å²) in [7, 11) is -3.87. The van der Waals surface area contributed by atoms with E-state index in [1.54, 1.807) is 36.4 Å². The number of sulfonamides is 1. The van der Waals surface area contributed by atoms with Gasteiger partial charge in [-0.15, -0.1) is 0 Å². The van der Waals surface area contributed by atoms with Crippen LogP contribution in [0.3, 0.4) is 0 Å². The van der Waals surface area contributed by atoms with Gasteiger partial charge in [-0.3, -0.25) is 4.98 Å². The van der Waals surface area contributed by atoms with Crippen molar-refractivity contribution in [3.05, 3.63) is 59.2 Å². The highest BCUT2D eigenvalue weighted by atomic mass is 35.5. The molecule has 0 saturated carbocycles. The van der Waals surface area contributed by atoms with Gasteiger partial charge in [0.05, 0.1) is 24.3 Å². The number of aromatic carboxylic acids is 1. The van der Waals surface area contributed by atoms with E-state index in [-0.39, 0.29) is 23.5 Å². The van der Waals surface area contributed by atoms with Gasteiger partial charge in [0, 0.05) is 39.5 Å². The van der Waals surface area contributed by atoms with E-state index < -0.39 is 16.0 Å². The zero-order valence-corrected chi connectivity index (χ0v) is 18.0. The van der Waals surface area contributed by atoms with Gasteiger partial charge in [-0.1, -0.05) is 35.5 Å². The van der Waals surface area contributed by atoms with Gasteiger partial charge in [0.15, 0.2) is 0 Å². The topological polar surface area (TPSA) is 96.8 Å². The molecule has 2 heterocycles. The smallest absolute Gasteiger partial charge is 0.336 e. The fourth-order valence-electron chi connectivity index (χ4n) is 3.18. The first-order chi connectivity index (χ1) is 14.4. The minimum absolute atomic E-state index is 0.0179. The summed E-state index contributed by atoms with van der Waals surface area (Å²) in [5.74, 6) is -1.09. The Morgan fingerprint density at radius 3 is 2.63 bits per heavy atom. The van der Waals surface area contributed by atoms with Crippen molar-refractivity contribution in [2.24, 2.45) is 0 Å². The van der Waals surface area contributed by atoms with Crippen LogP contribution in [0.25, 0.3) is 10.9 Å². The standard InChI is InChI=1S/C20H17ClN2O5S2/c21-13-5-6-16-15(11-13)19(29-17-4-2-1-3-14(17)20(24)25)18(12-22-16)30(26,27)23-7-9-28-10-8-23/h1-6,11-12H,7-10H2,(H,24,25). The molecule has 0 aliphatic carbocycles. The summed E-state index contributed by atoms with van der Waals surface area (Å²) in [6.45, 7) is 1.12. The van der Waals surface area contributed by atoms with E-state index in [1.807, 2.05) is 0 Å². The fraction of sp³-hybridized carbons (Fsp3) is 0.200. The van der Waals surface area contributed by atoms with Crippen LogP contribution >= 0.6 is 23.4 Å². The Hall–Kier alpha value is -2.17. The van der Waals surface area contributed by atoms with Gasteiger partial charge >= 0.3 is 5.97 Å². The van der Waals surface area contributed by atoms with Crippen molar-refractivity contribution >= 4 is 50.3 Å². The van der Waals surface area contributed by atoms with Crippen LogP contribution in [0, 0.1) is 0 Å². The van der Waals surface area contributed by atoms with Gasteiger partial charge in [0.2, 0.25) is 10.0 Å². The van der Waals surface area contributed by atoms with Crippen molar-refractivity contribution in [1.82, 2.24) is 9.29 Å². The van der Waals surface area contributed by atoms with Gasteiger partial charge in [-0.2, -0.15) is 4.31 Å². The number of carboxylic acid groups (broad SMARTS) is 1. The third-order valence-electron chi connectivity index (χ3n) is 4.67. The number of nitrogens with zero attached hydrogens (tertiary/aromatic N) is 2. The van der Waals surface area contributed by atoms with Crippen molar-refractivity contribution in [3.8, 4) is 0 Å². The molecule has 10 heteroatoms. The molecule has 1 aliphatic heterocycles. The number of carboxylic acids is 1. The number of halogens is 1. The van der Waals surface area contributed by atoms with Crippen LogP contribution in [-0.2, 0) is 14.8 Å². The van der Waals surface area contributed by atoms with Crippen molar-refractivity contribution in [3.63, 3.8) is 0 Å². The summed E-state index contributed by atoms with van der Waals surface area (Å²) >= 11 is 7.26. The Kier molecular flexibility index (Phi) is 5.99. The lowest BCUT2D eigenvalue weighted by Crippen LogP contribution is -2.40. The predicted molar refractivity (Wildman–Crippen MR) is 114 cm³/mol. The maximum Gasteiger partial charge on any atom is 0.336 e. The molecule has 0 unspecified atom stereocenters. The summed E-state index contributed by atoms with van der Waals surface area (Å²) in [6, 6.07) is 11.5. The fourth-order valence-corrected chi connectivity index (χ4v) is 6.29. The summed E-state index contributed by atoms with van der Waals surface area (Å²) in [5.41, 5.74) is 0.653. The first kappa shape index (κ1) is 21.1. The molecule has 0 amide bonds. The summed E-state index contributed by atoms with van der Waals surface area (Å²) in [4.78, 5) is 16.8. The molecule has 1 N–H and O–H groups in total. The molecule has 0 atom stereocenters. The quantitative estimate of drug-likeness (QED) is 0.614. The Bertz CT molecular complexity index is 1230. The molecule has 1 aromatic heterocycles.